The van der Waals surface area contributed by atoms with Crippen molar-refractivity contribution < 1.29 is 14.3 Å². The summed E-state index contributed by atoms with van der Waals surface area (Å²) in [4.78, 5) is 14.5. The zero-order valence-electron chi connectivity index (χ0n) is 17.3. The first-order chi connectivity index (χ1) is 13.8. The van der Waals surface area contributed by atoms with Crippen LogP contribution in [0.25, 0.3) is 0 Å². The average molecular weight is 461 g/mol. The van der Waals surface area contributed by atoms with Gasteiger partial charge >= 0.3 is 6.09 Å². The quantitative estimate of drug-likeness (QED) is 0.618. The van der Waals surface area contributed by atoms with E-state index in [1.165, 1.54) is 0 Å². The molecule has 1 aliphatic rings. The van der Waals surface area contributed by atoms with Gasteiger partial charge in [-0.2, -0.15) is 0 Å². The molecule has 6 heteroatoms. The Balaban J connectivity index is 1.64. The van der Waals surface area contributed by atoms with Crippen LogP contribution in [0, 0.1) is 0 Å². The molecule has 1 N–H and O–H groups in total. The standard InChI is InChI=1S/C23H29BrN2O3/c1-23(2,3)29-22(27)25-19-8-7-13-26(16-19)15-17-11-12-18(24)14-21(17)28-20-9-5-4-6-10-20/h4-6,9-12,14,19H,7-8,13,15-16H2,1-3H3,(H,25,27). The molecular formula is C23H29BrN2O3. The van der Waals surface area contributed by atoms with Crippen molar-refractivity contribution in [2.75, 3.05) is 13.1 Å². The number of rotatable bonds is 5. The van der Waals surface area contributed by atoms with Crippen LogP contribution in [0.3, 0.4) is 0 Å². The molecule has 0 aliphatic carbocycles. The zero-order chi connectivity index (χ0) is 20.9. The highest BCUT2D eigenvalue weighted by Crippen LogP contribution is 2.30. The number of para-hydroxylation sites is 1. The van der Waals surface area contributed by atoms with Crippen molar-refractivity contribution >= 4 is 22.0 Å². The molecule has 29 heavy (non-hydrogen) atoms. The molecule has 0 aromatic heterocycles. The van der Waals surface area contributed by atoms with Crippen LogP contribution in [-0.2, 0) is 11.3 Å². The van der Waals surface area contributed by atoms with E-state index in [4.69, 9.17) is 9.47 Å². The Bertz CT molecular complexity index is 821. The molecule has 0 saturated carbocycles. The SMILES string of the molecule is CC(C)(C)OC(=O)NC1CCCN(Cc2ccc(Br)cc2Oc2ccccc2)C1. The van der Waals surface area contributed by atoms with E-state index in [1.807, 2.05) is 63.2 Å². The van der Waals surface area contributed by atoms with Gasteiger partial charge in [0.2, 0.25) is 0 Å². The molecule has 0 spiro atoms. The van der Waals surface area contributed by atoms with Crippen LogP contribution >= 0.6 is 15.9 Å². The van der Waals surface area contributed by atoms with E-state index in [9.17, 15) is 4.79 Å². The lowest BCUT2D eigenvalue weighted by atomic mass is 10.0. The van der Waals surface area contributed by atoms with Gasteiger partial charge in [0, 0.05) is 29.2 Å². The Hall–Kier alpha value is -2.05. The molecule has 1 heterocycles. The van der Waals surface area contributed by atoms with Gasteiger partial charge in [0.1, 0.15) is 17.1 Å². The predicted octanol–water partition coefficient (Wildman–Crippen LogP) is 5.73. The summed E-state index contributed by atoms with van der Waals surface area (Å²) in [7, 11) is 0. The molecular weight excluding hydrogens is 432 g/mol. The monoisotopic (exact) mass is 460 g/mol. The Morgan fingerprint density at radius 3 is 2.69 bits per heavy atom. The molecule has 1 unspecified atom stereocenters. The first kappa shape index (κ1) is 21.7. The fraction of sp³-hybridized carbons (Fsp3) is 0.435. The Morgan fingerprint density at radius 2 is 1.97 bits per heavy atom. The number of alkyl carbamates (subject to hydrolysis) is 1. The third kappa shape index (κ3) is 7.05. The minimum absolute atomic E-state index is 0.0903. The van der Waals surface area contributed by atoms with E-state index in [1.54, 1.807) is 0 Å². The Labute approximate surface area is 181 Å². The number of carbonyl (C=O) groups is 1. The number of hydrogen-bond donors (Lipinski definition) is 1. The molecule has 2 aromatic rings. The number of nitrogens with one attached hydrogen (secondary N) is 1. The number of likely N-dealkylation sites (tertiary alicyclic amines) is 1. The summed E-state index contributed by atoms with van der Waals surface area (Å²) < 4.78 is 12.5. The van der Waals surface area contributed by atoms with Crippen molar-refractivity contribution in [2.45, 2.75) is 51.8 Å². The second kappa shape index (κ2) is 9.63. The molecule has 1 amide bonds. The number of benzene rings is 2. The fourth-order valence-electron chi connectivity index (χ4n) is 3.40. The first-order valence-corrected chi connectivity index (χ1v) is 10.8. The van der Waals surface area contributed by atoms with Gasteiger partial charge in [-0.3, -0.25) is 4.90 Å². The minimum Gasteiger partial charge on any atom is -0.457 e. The molecule has 3 rings (SSSR count). The van der Waals surface area contributed by atoms with Crippen LogP contribution in [0.2, 0.25) is 0 Å². The van der Waals surface area contributed by atoms with E-state index < -0.39 is 5.60 Å². The van der Waals surface area contributed by atoms with E-state index in [-0.39, 0.29) is 12.1 Å². The van der Waals surface area contributed by atoms with Crippen molar-refractivity contribution in [1.82, 2.24) is 10.2 Å². The highest BCUT2D eigenvalue weighted by Gasteiger charge is 2.24. The average Bonchev–Trinajstić information content (AvgIpc) is 2.63. The zero-order valence-corrected chi connectivity index (χ0v) is 18.9. The molecule has 1 aliphatic heterocycles. The van der Waals surface area contributed by atoms with E-state index in [0.717, 1.165) is 54.0 Å². The van der Waals surface area contributed by atoms with Crippen LogP contribution in [-0.4, -0.2) is 35.7 Å². The summed E-state index contributed by atoms with van der Waals surface area (Å²) in [5, 5.41) is 3.01. The lowest BCUT2D eigenvalue weighted by Gasteiger charge is -2.33. The third-order valence-electron chi connectivity index (χ3n) is 4.62. The Morgan fingerprint density at radius 1 is 1.21 bits per heavy atom. The number of carbonyl (C=O) groups excluding carboxylic acids is 1. The number of piperidine rings is 1. The smallest absolute Gasteiger partial charge is 0.407 e. The summed E-state index contributed by atoms with van der Waals surface area (Å²) in [6.45, 7) is 8.18. The number of halogens is 1. The normalized spacial score (nSPS) is 17.6. The van der Waals surface area contributed by atoms with Crippen LogP contribution in [0.5, 0.6) is 11.5 Å². The molecule has 156 valence electrons. The summed E-state index contributed by atoms with van der Waals surface area (Å²) in [6.07, 6.45) is 1.65. The minimum atomic E-state index is -0.487. The number of hydrogen-bond acceptors (Lipinski definition) is 4. The number of ether oxygens (including phenoxy) is 2. The predicted molar refractivity (Wildman–Crippen MR) is 118 cm³/mol. The third-order valence-corrected chi connectivity index (χ3v) is 5.11. The van der Waals surface area contributed by atoms with Gasteiger partial charge in [-0.1, -0.05) is 40.2 Å². The molecule has 1 saturated heterocycles. The van der Waals surface area contributed by atoms with Crippen LogP contribution < -0.4 is 10.1 Å². The second-order valence-corrected chi connectivity index (χ2v) is 9.30. The molecule has 0 bridgehead atoms. The highest BCUT2D eigenvalue weighted by molar-refractivity contribution is 9.10. The molecule has 5 nitrogen and oxygen atoms in total. The van der Waals surface area contributed by atoms with Crippen LogP contribution in [0.4, 0.5) is 4.79 Å². The maximum absolute atomic E-state index is 12.1. The van der Waals surface area contributed by atoms with Gasteiger partial charge in [-0.15, -0.1) is 0 Å². The van der Waals surface area contributed by atoms with Gasteiger partial charge in [-0.25, -0.2) is 4.79 Å². The maximum atomic E-state index is 12.1. The summed E-state index contributed by atoms with van der Waals surface area (Å²) >= 11 is 3.54. The molecule has 2 aromatic carbocycles. The topological polar surface area (TPSA) is 50.8 Å². The Kier molecular flexibility index (Phi) is 7.19. The van der Waals surface area contributed by atoms with Gasteiger partial charge in [0.25, 0.3) is 0 Å². The van der Waals surface area contributed by atoms with Gasteiger partial charge in [0.05, 0.1) is 0 Å². The van der Waals surface area contributed by atoms with Crippen LogP contribution in [0.1, 0.15) is 39.2 Å². The van der Waals surface area contributed by atoms with Gasteiger partial charge in [-0.05, 0) is 64.4 Å². The van der Waals surface area contributed by atoms with Crippen molar-refractivity contribution in [1.29, 1.82) is 0 Å². The van der Waals surface area contributed by atoms with E-state index in [0.29, 0.717) is 0 Å². The number of amides is 1. The van der Waals surface area contributed by atoms with Crippen molar-refractivity contribution in [3.05, 3.63) is 58.6 Å². The van der Waals surface area contributed by atoms with Crippen molar-refractivity contribution in [3.8, 4) is 11.5 Å². The molecule has 1 atom stereocenters. The maximum Gasteiger partial charge on any atom is 0.407 e. The lowest BCUT2D eigenvalue weighted by Crippen LogP contribution is -2.48. The summed E-state index contributed by atoms with van der Waals surface area (Å²) in [6, 6.07) is 16.0. The largest absolute Gasteiger partial charge is 0.457 e. The fourth-order valence-corrected chi connectivity index (χ4v) is 3.74. The van der Waals surface area contributed by atoms with Crippen LogP contribution in [0.15, 0.2) is 53.0 Å². The lowest BCUT2D eigenvalue weighted by molar-refractivity contribution is 0.0470. The van der Waals surface area contributed by atoms with Gasteiger partial charge in [0.15, 0.2) is 0 Å². The van der Waals surface area contributed by atoms with E-state index >= 15 is 0 Å². The molecule has 1 fully saturated rings. The summed E-state index contributed by atoms with van der Waals surface area (Å²) in [5.41, 5.74) is 0.634. The molecule has 0 radical (unpaired) electrons. The van der Waals surface area contributed by atoms with Crippen molar-refractivity contribution in [3.63, 3.8) is 0 Å². The van der Waals surface area contributed by atoms with E-state index in [2.05, 4.69) is 32.2 Å². The first-order valence-electron chi connectivity index (χ1n) is 10.0. The summed E-state index contributed by atoms with van der Waals surface area (Å²) in [5.74, 6) is 1.66. The second-order valence-electron chi connectivity index (χ2n) is 8.39. The van der Waals surface area contributed by atoms with Gasteiger partial charge < -0.3 is 14.8 Å². The highest BCUT2D eigenvalue weighted by atomic mass is 79.9. The number of nitrogens with zero attached hydrogens (tertiary/aromatic N) is 1. The van der Waals surface area contributed by atoms with Crippen molar-refractivity contribution in [2.24, 2.45) is 0 Å².